The van der Waals surface area contributed by atoms with Crippen LogP contribution in [0.1, 0.15) is 18.6 Å². The molecule has 0 aliphatic heterocycles. The van der Waals surface area contributed by atoms with Crippen molar-refractivity contribution in [3.05, 3.63) is 53.6 Å². The second-order valence-corrected chi connectivity index (χ2v) is 7.92. The molecular formula is C17H23Cl2O2P. The molecular weight excluding hydrogens is 338 g/mol. The summed E-state index contributed by atoms with van der Waals surface area (Å²) in [5, 5.41) is 0.876. The van der Waals surface area contributed by atoms with Crippen LogP contribution in [0.5, 0.6) is 11.5 Å². The van der Waals surface area contributed by atoms with Gasteiger partial charge in [0.15, 0.2) is 0 Å². The Morgan fingerprint density at radius 2 is 1.50 bits per heavy atom. The first-order valence-corrected chi connectivity index (χ1v) is 9.50. The van der Waals surface area contributed by atoms with Gasteiger partial charge in [-0.3, -0.25) is 0 Å². The van der Waals surface area contributed by atoms with Gasteiger partial charge >= 0.3 is 0 Å². The first-order valence-electron chi connectivity index (χ1n) is 6.35. The van der Waals surface area contributed by atoms with E-state index in [0.717, 1.165) is 22.4 Å². The molecule has 2 nitrogen and oxygen atoms in total. The molecule has 22 heavy (non-hydrogen) atoms. The van der Waals surface area contributed by atoms with E-state index in [-0.39, 0.29) is 7.43 Å². The second kappa shape index (κ2) is 10.7. The average Bonchev–Trinajstić information content (AvgIpc) is 2.47. The van der Waals surface area contributed by atoms with Crippen molar-refractivity contribution >= 4 is 34.4 Å². The van der Waals surface area contributed by atoms with Gasteiger partial charge in [0, 0.05) is 5.30 Å². The Labute approximate surface area is 144 Å². The van der Waals surface area contributed by atoms with Gasteiger partial charge in [-0.25, -0.2) is 0 Å². The molecule has 2 aromatic rings. The molecule has 0 bridgehead atoms. The van der Waals surface area contributed by atoms with Gasteiger partial charge in [-0.1, -0.05) is 48.1 Å². The van der Waals surface area contributed by atoms with E-state index < -0.39 is 6.63 Å². The highest BCUT2D eigenvalue weighted by Crippen LogP contribution is 2.47. The molecule has 0 aliphatic rings. The number of hydrogen-bond donors (Lipinski definition) is 0. The van der Waals surface area contributed by atoms with Crippen LogP contribution in [-0.2, 0) is 0 Å². The maximum Gasteiger partial charge on any atom is 0.129 e. The largest absolute Gasteiger partial charge is 0.497 e. The van der Waals surface area contributed by atoms with Crippen molar-refractivity contribution in [2.75, 3.05) is 14.2 Å². The van der Waals surface area contributed by atoms with E-state index in [9.17, 15) is 0 Å². The highest BCUT2D eigenvalue weighted by Gasteiger charge is 2.10. The summed E-state index contributed by atoms with van der Waals surface area (Å²) in [7, 11) is 3.29. The molecule has 0 aliphatic carbocycles. The number of aryl methyl sites for hydroxylation is 2. The van der Waals surface area contributed by atoms with Crippen molar-refractivity contribution in [1.29, 1.82) is 0 Å². The lowest BCUT2D eigenvalue weighted by Gasteiger charge is -2.08. The van der Waals surface area contributed by atoms with Crippen LogP contribution in [0.15, 0.2) is 42.5 Å². The summed E-state index contributed by atoms with van der Waals surface area (Å²) >= 11 is 11.6. The van der Waals surface area contributed by atoms with Crippen molar-refractivity contribution in [3.63, 3.8) is 0 Å². The summed E-state index contributed by atoms with van der Waals surface area (Å²) < 4.78 is 10.1. The highest BCUT2D eigenvalue weighted by atomic mass is 35.9. The van der Waals surface area contributed by atoms with Crippen LogP contribution in [0.25, 0.3) is 0 Å². The third-order valence-electron chi connectivity index (χ3n) is 2.74. The highest BCUT2D eigenvalue weighted by molar-refractivity contribution is 8.09. The van der Waals surface area contributed by atoms with Crippen LogP contribution in [0.3, 0.4) is 0 Å². The lowest BCUT2D eigenvalue weighted by Crippen LogP contribution is -2.01. The summed E-state index contributed by atoms with van der Waals surface area (Å²) in [5.41, 5.74) is 2.37. The minimum atomic E-state index is -1.12. The van der Waals surface area contributed by atoms with Gasteiger partial charge in [0.25, 0.3) is 0 Å². The molecule has 0 saturated heterocycles. The third kappa shape index (κ3) is 6.87. The van der Waals surface area contributed by atoms with Gasteiger partial charge in [-0.15, -0.1) is 0 Å². The van der Waals surface area contributed by atoms with Crippen LogP contribution in [0.4, 0.5) is 0 Å². The second-order valence-electron chi connectivity index (χ2n) is 4.43. The standard InChI is InChI=1S/C8H9Cl2OP.C8H10O.CH4/c1-6-3-4-8(12(9)10)7(5-6)11-2;1-7-4-3-5-8(6-7)9-2;/h3-5H,1-2H3;3-6H,1-2H3;1H4. The van der Waals surface area contributed by atoms with E-state index in [1.165, 1.54) is 5.56 Å². The zero-order valence-corrected chi connectivity index (χ0v) is 15.0. The Bertz CT molecular complexity index is 574. The predicted molar refractivity (Wildman–Crippen MR) is 100 cm³/mol. The average molecular weight is 361 g/mol. The van der Waals surface area contributed by atoms with E-state index in [4.69, 9.17) is 32.0 Å². The van der Waals surface area contributed by atoms with Gasteiger partial charge in [-0.2, -0.15) is 0 Å². The zero-order chi connectivity index (χ0) is 15.8. The first-order chi connectivity index (χ1) is 9.97. The number of halogens is 2. The molecule has 0 atom stereocenters. The van der Waals surface area contributed by atoms with Gasteiger partial charge in [0.1, 0.15) is 18.1 Å². The molecule has 2 rings (SSSR count). The molecule has 0 heterocycles. The molecule has 5 heteroatoms. The van der Waals surface area contributed by atoms with Gasteiger partial charge in [0.05, 0.1) is 14.2 Å². The van der Waals surface area contributed by atoms with Gasteiger partial charge in [-0.05, 0) is 49.2 Å². The normalized spacial score (nSPS) is 9.41. The Morgan fingerprint density at radius 1 is 0.864 bits per heavy atom. The summed E-state index contributed by atoms with van der Waals surface area (Å²) in [5.74, 6) is 1.70. The number of benzene rings is 2. The van der Waals surface area contributed by atoms with E-state index in [0.29, 0.717) is 0 Å². The molecule has 0 saturated carbocycles. The van der Waals surface area contributed by atoms with E-state index in [1.54, 1.807) is 14.2 Å². The number of hydrogen-bond acceptors (Lipinski definition) is 2. The van der Waals surface area contributed by atoms with E-state index in [1.807, 2.05) is 56.3 Å². The van der Waals surface area contributed by atoms with Crippen LogP contribution in [0.2, 0.25) is 0 Å². The maximum atomic E-state index is 5.79. The van der Waals surface area contributed by atoms with E-state index in [2.05, 4.69) is 0 Å². The van der Waals surface area contributed by atoms with Crippen molar-refractivity contribution in [3.8, 4) is 11.5 Å². The fourth-order valence-electron chi connectivity index (χ4n) is 1.67. The molecule has 0 radical (unpaired) electrons. The van der Waals surface area contributed by atoms with Crippen LogP contribution in [-0.4, -0.2) is 14.2 Å². The fraction of sp³-hybridized carbons (Fsp3) is 0.294. The number of rotatable bonds is 3. The third-order valence-corrected chi connectivity index (χ3v) is 4.57. The Kier molecular flexibility index (Phi) is 10.3. The molecule has 0 N–H and O–H groups in total. The molecule has 0 fully saturated rings. The number of ether oxygens (including phenoxy) is 2. The summed E-state index contributed by atoms with van der Waals surface area (Å²) in [6, 6.07) is 13.8. The summed E-state index contributed by atoms with van der Waals surface area (Å²) in [6.07, 6.45) is 0. The van der Waals surface area contributed by atoms with E-state index >= 15 is 0 Å². The van der Waals surface area contributed by atoms with Gasteiger partial charge in [0.2, 0.25) is 0 Å². The van der Waals surface area contributed by atoms with Crippen molar-refractivity contribution in [1.82, 2.24) is 0 Å². The zero-order valence-electron chi connectivity index (χ0n) is 12.6. The topological polar surface area (TPSA) is 18.5 Å². The Morgan fingerprint density at radius 3 is 1.95 bits per heavy atom. The quantitative estimate of drug-likeness (QED) is 0.619. The number of methoxy groups -OCH3 is 2. The van der Waals surface area contributed by atoms with Crippen molar-refractivity contribution < 1.29 is 9.47 Å². The molecule has 2 aromatic carbocycles. The first kappa shape index (κ1) is 21.0. The van der Waals surface area contributed by atoms with Crippen LogP contribution >= 0.6 is 29.1 Å². The Hall–Kier alpha value is -0.950. The van der Waals surface area contributed by atoms with Crippen molar-refractivity contribution in [2.24, 2.45) is 0 Å². The maximum absolute atomic E-state index is 5.79. The Balaban J connectivity index is 0.000000397. The smallest absolute Gasteiger partial charge is 0.129 e. The monoisotopic (exact) mass is 360 g/mol. The summed E-state index contributed by atoms with van der Waals surface area (Å²) in [4.78, 5) is 0. The predicted octanol–water partition coefficient (Wildman–Crippen LogP) is 6.06. The minimum absolute atomic E-state index is 0. The molecule has 0 spiro atoms. The van der Waals surface area contributed by atoms with Crippen LogP contribution in [0, 0.1) is 13.8 Å². The lowest BCUT2D eigenvalue weighted by molar-refractivity contribution is 0.414. The molecule has 0 aromatic heterocycles. The fourth-order valence-corrected chi connectivity index (χ4v) is 3.01. The SMILES string of the molecule is C.COc1cc(C)ccc1P(Cl)Cl.COc1cccc(C)c1. The lowest BCUT2D eigenvalue weighted by atomic mass is 10.2. The van der Waals surface area contributed by atoms with Gasteiger partial charge < -0.3 is 9.47 Å². The molecule has 0 unspecified atom stereocenters. The van der Waals surface area contributed by atoms with Crippen molar-refractivity contribution in [2.45, 2.75) is 21.3 Å². The summed E-state index contributed by atoms with van der Waals surface area (Å²) in [6.45, 7) is 2.93. The minimum Gasteiger partial charge on any atom is -0.497 e. The molecule has 0 amide bonds. The molecule has 122 valence electrons. The van der Waals surface area contributed by atoms with Crippen LogP contribution < -0.4 is 14.8 Å².